The van der Waals surface area contributed by atoms with E-state index in [0.717, 1.165) is 11.1 Å². The van der Waals surface area contributed by atoms with E-state index in [9.17, 15) is 9.59 Å². The van der Waals surface area contributed by atoms with Crippen LogP contribution in [0.1, 0.15) is 31.4 Å². The number of fused-ring (bicyclic) bond motifs is 1. The zero-order chi connectivity index (χ0) is 16.9. The van der Waals surface area contributed by atoms with E-state index in [1.165, 1.54) is 0 Å². The third-order valence-electron chi connectivity index (χ3n) is 4.04. The van der Waals surface area contributed by atoms with Crippen LogP contribution in [0.25, 0.3) is 11.1 Å². The van der Waals surface area contributed by atoms with Crippen molar-refractivity contribution in [3.05, 3.63) is 70.7 Å². The van der Waals surface area contributed by atoms with E-state index in [1.807, 2.05) is 55.5 Å². The van der Waals surface area contributed by atoms with E-state index in [-0.39, 0.29) is 17.7 Å². The maximum absolute atomic E-state index is 12.1. The van der Waals surface area contributed by atoms with Crippen molar-refractivity contribution in [2.75, 3.05) is 0 Å². The van der Waals surface area contributed by atoms with Gasteiger partial charge in [0, 0.05) is 13.0 Å². The SMILES string of the molecule is CC(NC(=O)CCCn1c(=O)oc2ccccc21)c1ccccc1. The van der Waals surface area contributed by atoms with Crippen LogP contribution in [-0.4, -0.2) is 10.5 Å². The van der Waals surface area contributed by atoms with E-state index in [4.69, 9.17) is 4.42 Å². The van der Waals surface area contributed by atoms with E-state index < -0.39 is 0 Å². The van der Waals surface area contributed by atoms with E-state index >= 15 is 0 Å². The molecule has 3 rings (SSSR count). The summed E-state index contributed by atoms with van der Waals surface area (Å²) in [6.07, 6.45) is 0.944. The maximum Gasteiger partial charge on any atom is 0.419 e. The first-order valence-electron chi connectivity index (χ1n) is 8.08. The van der Waals surface area contributed by atoms with Gasteiger partial charge in [0.15, 0.2) is 5.58 Å². The van der Waals surface area contributed by atoms with Crippen LogP contribution in [0.5, 0.6) is 0 Å². The third kappa shape index (κ3) is 3.56. The van der Waals surface area contributed by atoms with Crippen molar-refractivity contribution in [3.63, 3.8) is 0 Å². The topological polar surface area (TPSA) is 64.2 Å². The molecule has 2 aromatic carbocycles. The van der Waals surface area contributed by atoms with Gasteiger partial charge in [-0.25, -0.2) is 4.79 Å². The summed E-state index contributed by atoms with van der Waals surface area (Å²) in [7, 11) is 0. The molecule has 0 aliphatic heterocycles. The number of aryl methyl sites for hydroxylation is 1. The number of para-hydroxylation sites is 2. The minimum Gasteiger partial charge on any atom is -0.408 e. The van der Waals surface area contributed by atoms with Crippen LogP contribution >= 0.6 is 0 Å². The molecule has 1 aromatic heterocycles. The first-order chi connectivity index (χ1) is 11.6. The number of hydrogen-bond donors (Lipinski definition) is 1. The minimum absolute atomic E-state index is 0.0211. The number of amides is 1. The molecule has 0 bridgehead atoms. The fraction of sp³-hybridized carbons (Fsp3) is 0.263. The summed E-state index contributed by atoms with van der Waals surface area (Å²) in [5.74, 6) is -0.401. The summed E-state index contributed by atoms with van der Waals surface area (Å²) in [6, 6.07) is 17.1. The van der Waals surface area contributed by atoms with Gasteiger partial charge in [0.05, 0.1) is 11.6 Å². The largest absolute Gasteiger partial charge is 0.419 e. The Morgan fingerprint density at radius 3 is 2.62 bits per heavy atom. The Bertz CT molecular complexity index is 880. The molecule has 0 saturated carbocycles. The lowest BCUT2D eigenvalue weighted by atomic mass is 10.1. The molecule has 3 aromatic rings. The number of benzene rings is 2. The van der Waals surface area contributed by atoms with Crippen LogP contribution in [0.2, 0.25) is 0 Å². The van der Waals surface area contributed by atoms with Gasteiger partial charge in [0.2, 0.25) is 5.91 Å². The standard InChI is InChI=1S/C19H20N2O3/c1-14(15-8-3-2-4-9-15)20-18(22)12-7-13-21-16-10-5-6-11-17(16)24-19(21)23/h2-6,8-11,14H,7,12-13H2,1H3,(H,20,22). The number of rotatable bonds is 6. The molecule has 0 fully saturated rings. The first-order valence-corrected chi connectivity index (χ1v) is 8.08. The fourth-order valence-corrected chi connectivity index (χ4v) is 2.76. The number of nitrogens with one attached hydrogen (secondary N) is 1. The van der Waals surface area contributed by atoms with E-state index in [2.05, 4.69) is 5.32 Å². The van der Waals surface area contributed by atoms with Gasteiger partial charge in [-0.2, -0.15) is 0 Å². The smallest absolute Gasteiger partial charge is 0.408 e. The van der Waals surface area contributed by atoms with Crippen molar-refractivity contribution in [1.82, 2.24) is 9.88 Å². The monoisotopic (exact) mass is 324 g/mol. The third-order valence-corrected chi connectivity index (χ3v) is 4.04. The highest BCUT2D eigenvalue weighted by Crippen LogP contribution is 2.13. The summed E-state index contributed by atoms with van der Waals surface area (Å²) in [6.45, 7) is 2.42. The molecule has 1 atom stereocenters. The van der Waals surface area contributed by atoms with Gasteiger partial charge in [-0.1, -0.05) is 42.5 Å². The molecule has 1 amide bonds. The number of aromatic nitrogens is 1. The summed E-state index contributed by atoms with van der Waals surface area (Å²) >= 11 is 0. The highest BCUT2D eigenvalue weighted by molar-refractivity contribution is 5.76. The predicted octanol–water partition coefficient (Wildman–Crippen LogP) is 3.25. The van der Waals surface area contributed by atoms with Crippen LogP contribution in [0.3, 0.4) is 0 Å². The predicted molar refractivity (Wildman–Crippen MR) is 92.7 cm³/mol. The van der Waals surface area contributed by atoms with Gasteiger partial charge in [0.1, 0.15) is 0 Å². The zero-order valence-corrected chi connectivity index (χ0v) is 13.6. The Labute approximate surface area is 139 Å². The molecule has 0 spiro atoms. The Hall–Kier alpha value is -2.82. The van der Waals surface area contributed by atoms with Crippen molar-refractivity contribution in [1.29, 1.82) is 0 Å². The van der Waals surface area contributed by atoms with Gasteiger partial charge in [0.25, 0.3) is 0 Å². The average Bonchev–Trinajstić information content (AvgIpc) is 2.91. The lowest BCUT2D eigenvalue weighted by Gasteiger charge is -2.14. The fourth-order valence-electron chi connectivity index (χ4n) is 2.76. The minimum atomic E-state index is -0.380. The van der Waals surface area contributed by atoms with Crippen molar-refractivity contribution in [2.24, 2.45) is 0 Å². The van der Waals surface area contributed by atoms with Crippen molar-refractivity contribution in [3.8, 4) is 0 Å². The van der Waals surface area contributed by atoms with Crippen molar-refractivity contribution < 1.29 is 9.21 Å². The molecule has 1 N–H and O–H groups in total. The Morgan fingerprint density at radius 2 is 1.83 bits per heavy atom. The summed E-state index contributed by atoms with van der Waals surface area (Å²) in [4.78, 5) is 24.0. The van der Waals surface area contributed by atoms with Crippen LogP contribution < -0.4 is 11.1 Å². The van der Waals surface area contributed by atoms with Gasteiger partial charge in [-0.05, 0) is 31.0 Å². The maximum atomic E-state index is 12.1. The highest BCUT2D eigenvalue weighted by atomic mass is 16.4. The molecule has 0 saturated heterocycles. The number of nitrogens with zero attached hydrogens (tertiary/aromatic N) is 1. The Morgan fingerprint density at radius 1 is 1.12 bits per heavy atom. The molecule has 1 unspecified atom stereocenters. The normalized spacial score (nSPS) is 12.2. The molecule has 24 heavy (non-hydrogen) atoms. The van der Waals surface area contributed by atoms with Crippen molar-refractivity contribution in [2.45, 2.75) is 32.4 Å². The van der Waals surface area contributed by atoms with E-state index in [0.29, 0.717) is 25.0 Å². The second kappa shape index (κ2) is 7.17. The first kappa shape index (κ1) is 16.1. The van der Waals surface area contributed by atoms with Gasteiger partial charge in [-0.3, -0.25) is 9.36 Å². The van der Waals surface area contributed by atoms with Gasteiger partial charge in [-0.15, -0.1) is 0 Å². The zero-order valence-electron chi connectivity index (χ0n) is 13.6. The molecule has 0 aliphatic carbocycles. The number of carbonyl (C=O) groups is 1. The number of hydrogen-bond acceptors (Lipinski definition) is 3. The molecule has 5 heteroatoms. The number of carbonyl (C=O) groups excluding carboxylic acids is 1. The average molecular weight is 324 g/mol. The lowest BCUT2D eigenvalue weighted by Crippen LogP contribution is -2.27. The summed E-state index contributed by atoms with van der Waals surface area (Å²) in [5, 5.41) is 2.98. The lowest BCUT2D eigenvalue weighted by molar-refractivity contribution is -0.121. The summed E-state index contributed by atoms with van der Waals surface area (Å²) < 4.78 is 6.76. The van der Waals surface area contributed by atoms with Crippen molar-refractivity contribution >= 4 is 17.0 Å². The highest BCUT2D eigenvalue weighted by Gasteiger charge is 2.11. The summed E-state index contributed by atoms with van der Waals surface area (Å²) in [5.41, 5.74) is 2.41. The quantitative estimate of drug-likeness (QED) is 0.757. The second-order valence-corrected chi connectivity index (χ2v) is 5.79. The van der Waals surface area contributed by atoms with Crippen LogP contribution in [0, 0.1) is 0 Å². The molecular weight excluding hydrogens is 304 g/mol. The number of oxazole rings is 1. The van der Waals surface area contributed by atoms with Crippen LogP contribution in [0.15, 0.2) is 63.8 Å². The molecule has 1 heterocycles. The van der Waals surface area contributed by atoms with Crippen LogP contribution in [0.4, 0.5) is 0 Å². The molecule has 0 aliphatic rings. The Balaban J connectivity index is 1.55. The molecule has 0 radical (unpaired) electrons. The second-order valence-electron chi connectivity index (χ2n) is 5.79. The van der Waals surface area contributed by atoms with Gasteiger partial charge < -0.3 is 9.73 Å². The molecule has 5 nitrogen and oxygen atoms in total. The van der Waals surface area contributed by atoms with E-state index in [1.54, 1.807) is 10.6 Å². The Kier molecular flexibility index (Phi) is 4.79. The van der Waals surface area contributed by atoms with Gasteiger partial charge >= 0.3 is 5.76 Å². The molecular formula is C19H20N2O3. The van der Waals surface area contributed by atoms with Crippen LogP contribution in [-0.2, 0) is 11.3 Å². The molecule has 124 valence electrons.